The summed E-state index contributed by atoms with van der Waals surface area (Å²) < 4.78 is 15.8. The minimum absolute atomic E-state index is 0.136. The number of nitrogens with zero attached hydrogens (tertiary/aromatic N) is 4. The number of para-hydroxylation sites is 1. The topological polar surface area (TPSA) is 60.3 Å². The van der Waals surface area contributed by atoms with Crippen LogP contribution in [0.5, 0.6) is 0 Å². The third-order valence-corrected chi connectivity index (χ3v) is 5.42. The highest BCUT2D eigenvalue weighted by Crippen LogP contribution is 2.22. The van der Waals surface area contributed by atoms with Gasteiger partial charge in [0.05, 0.1) is 17.8 Å². The summed E-state index contributed by atoms with van der Waals surface area (Å²) in [7, 11) is 3.78. The van der Waals surface area contributed by atoms with E-state index in [4.69, 9.17) is 0 Å². The van der Waals surface area contributed by atoms with Gasteiger partial charge in [-0.25, -0.2) is 4.39 Å². The van der Waals surface area contributed by atoms with Gasteiger partial charge in [0.2, 0.25) is 5.91 Å². The van der Waals surface area contributed by atoms with Gasteiger partial charge in [-0.05, 0) is 50.5 Å². The lowest BCUT2D eigenvalue weighted by molar-refractivity contribution is -0.132. The molecule has 0 atom stereocenters. The Labute approximate surface area is 180 Å². The van der Waals surface area contributed by atoms with Crippen molar-refractivity contribution in [3.8, 4) is 0 Å². The molecule has 1 N–H and O–H groups in total. The third kappa shape index (κ3) is 4.54. The maximum Gasteiger partial charge on any atom is 0.257 e. The van der Waals surface area contributed by atoms with Gasteiger partial charge in [-0.1, -0.05) is 12.1 Å². The number of nitrogens with one attached hydrogen (secondary N) is 1. The molecule has 1 aliphatic heterocycles. The average Bonchev–Trinajstić information content (AvgIpc) is 3.18. The first-order valence-electron chi connectivity index (χ1n) is 10.3. The van der Waals surface area contributed by atoms with Crippen LogP contribution in [0.2, 0.25) is 0 Å². The summed E-state index contributed by atoms with van der Waals surface area (Å²) in [6.07, 6.45) is 1.77. The molecular weight excluding hydrogens is 397 g/mol. The van der Waals surface area contributed by atoms with Crippen molar-refractivity contribution < 1.29 is 14.0 Å². The Hall–Kier alpha value is -3.39. The van der Waals surface area contributed by atoms with Gasteiger partial charge in [0.25, 0.3) is 5.91 Å². The zero-order valence-electron chi connectivity index (χ0n) is 17.7. The molecule has 1 aliphatic rings. The second kappa shape index (κ2) is 8.77. The maximum atomic E-state index is 13.9. The van der Waals surface area contributed by atoms with Crippen LogP contribution in [-0.2, 0) is 4.79 Å². The Morgan fingerprint density at radius 1 is 1.00 bits per heavy atom. The molecule has 8 heteroatoms. The Kier molecular flexibility index (Phi) is 5.90. The molecule has 0 saturated carbocycles. The summed E-state index contributed by atoms with van der Waals surface area (Å²) >= 11 is 0. The van der Waals surface area contributed by atoms with Gasteiger partial charge in [-0.15, -0.1) is 0 Å². The molecule has 31 heavy (non-hydrogen) atoms. The Balaban J connectivity index is 1.50. The molecule has 0 unspecified atom stereocenters. The fourth-order valence-electron chi connectivity index (χ4n) is 3.79. The molecule has 1 aromatic carbocycles. The van der Waals surface area contributed by atoms with Gasteiger partial charge in [-0.2, -0.15) is 0 Å². The minimum Gasteiger partial charge on any atom is -0.354 e. The highest BCUT2D eigenvalue weighted by Gasteiger charge is 2.23. The molecule has 3 aromatic rings. The Morgan fingerprint density at radius 3 is 2.42 bits per heavy atom. The van der Waals surface area contributed by atoms with E-state index in [0.29, 0.717) is 25.2 Å². The van der Waals surface area contributed by atoms with Crippen molar-refractivity contribution in [2.75, 3.05) is 57.0 Å². The summed E-state index contributed by atoms with van der Waals surface area (Å²) in [5, 5.41) is 2.63. The van der Waals surface area contributed by atoms with E-state index in [1.165, 1.54) is 12.1 Å². The number of fused-ring (bicyclic) bond motifs is 1. The van der Waals surface area contributed by atoms with Gasteiger partial charge in [0.1, 0.15) is 11.6 Å². The van der Waals surface area contributed by atoms with Crippen LogP contribution in [0, 0.1) is 5.82 Å². The van der Waals surface area contributed by atoms with E-state index in [2.05, 4.69) is 10.2 Å². The molecule has 0 bridgehead atoms. The second-order valence-electron chi connectivity index (χ2n) is 7.94. The summed E-state index contributed by atoms with van der Waals surface area (Å²) in [4.78, 5) is 30.9. The lowest BCUT2D eigenvalue weighted by Gasteiger charge is -2.36. The first kappa shape index (κ1) is 20.9. The molecule has 162 valence electrons. The molecule has 2 amide bonds. The molecular formula is C23H26FN5O2. The number of carbonyl (C=O) groups is 2. The highest BCUT2D eigenvalue weighted by atomic mass is 19.1. The smallest absolute Gasteiger partial charge is 0.257 e. The van der Waals surface area contributed by atoms with Crippen LogP contribution >= 0.6 is 0 Å². The monoisotopic (exact) mass is 423 g/mol. The average molecular weight is 423 g/mol. The van der Waals surface area contributed by atoms with Gasteiger partial charge < -0.3 is 24.4 Å². The van der Waals surface area contributed by atoms with E-state index in [1.54, 1.807) is 24.4 Å². The molecule has 0 aliphatic carbocycles. The fourth-order valence-corrected chi connectivity index (χ4v) is 3.79. The van der Waals surface area contributed by atoms with E-state index in [1.807, 2.05) is 46.5 Å². The normalized spacial score (nSPS) is 14.3. The number of likely N-dealkylation sites (N-methyl/N-ethyl adjacent to an activating group) is 1. The molecule has 1 saturated heterocycles. The van der Waals surface area contributed by atoms with Gasteiger partial charge >= 0.3 is 0 Å². The number of amides is 2. The van der Waals surface area contributed by atoms with E-state index in [0.717, 1.165) is 24.4 Å². The zero-order chi connectivity index (χ0) is 22.0. The number of carbonyl (C=O) groups excluding carboxylic acids is 2. The summed E-state index contributed by atoms with van der Waals surface area (Å²) in [6, 6.07) is 13.7. The second-order valence-corrected chi connectivity index (χ2v) is 7.94. The van der Waals surface area contributed by atoms with Crippen molar-refractivity contribution in [3.05, 3.63) is 66.1 Å². The van der Waals surface area contributed by atoms with Crippen LogP contribution in [0.3, 0.4) is 0 Å². The number of piperazine rings is 1. The van der Waals surface area contributed by atoms with Crippen LogP contribution in [0.15, 0.2) is 54.7 Å². The molecule has 4 rings (SSSR count). The predicted octanol–water partition coefficient (Wildman–Crippen LogP) is 2.54. The maximum absolute atomic E-state index is 13.9. The number of hydrogen-bond donors (Lipinski definition) is 1. The van der Waals surface area contributed by atoms with Crippen LogP contribution < -0.4 is 10.2 Å². The third-order valence-electron chi connectivity index (χ3n) is 5.42. The van der Waals surface area contributed by atoms with Crippen LogP contribution in [0.4, 0.5) is 15.9 Å². The van der Waals surface area contributed by atoms with Crippen molar-refractivity contribution in [1.29, 1.82) is 0 Å². The zero-order valence-corrected chi connectivity index (χ0v) is 17.7. The Morgan fingerprint density at radius 2 is 1.71 bits per heavy atom. The number of rotatable bonds is 5. The molecule has 0 spiro atoms. The Bertz CT molecular complexity index is 1100. The molecule has 1 fully saturated rings. The number of benzene rings is 1. The summed E-state index contributed by atoms with van der Waals surface area (Å²) in [5.41, 5.74) is 1.55. The van der Waals surface area contributed by atoms with Crippen molar-refractivity contribution in [3.63, 3.8) is 0 Å². The first-order valence-corrected chi connectivity index (χ1v) is 10.3. The molecule has 3 heterocycles. The number of pyridine rings is 1. The minimum atomic E-state index is -0.472. The van der Waals surface area contributed by atoms with Crippen LogP contribution in [0.25, 0.3) is 5.52 Å². The highest BCUT2D eigenvalue weighted by molar-refractivity contribution is 6.04. The SMILES string of the molecule is CN(C)CC(=O)N1CCN(c2ccc3ccc(C(=O)Nc4ccccc4F)cn23)CC1. The summed E-state index contributed by atoms with van der Waals surface area (Å²) in [5.74, 6) is 0.262. The van der Waals surface area contributed by atoms with E-state index in [9.17, 15) is 14.0 Å². The van der Waals surface area contributed by atoms with Crippen molar-refractivity contribution >= 4 is 28.8 Å². The summed E-state index contributed by atoms with van der Waals surface area (Å²) in [6.45, 7) is 3.17. The predicted molar refractivity (Wildman–Crippen MR) is 119 cm³/mol. The lowest BCUT2D eigenvalue weighted by atomic mass is 10.2. The van der Waals surface area contributed by atoms with Gasteiger partial charge in [0.15, 0.2) is 0 Å². The number of hydrogen-bond acceptors (Lipinski definition) is 4. The number of anilines is 2. The van der Waals surface area contributed by atoms with Crippen molar-refractivity contribution in [2.45, 2.75) is 0 Å². The van der Waals surface area contributed by atoms with E-state index < -0.39 is 5.82 Å². The molecule has 7 nitrogen and oxygen atoms in total. The number of halogens is 1. The van der Waals surface area contributed by atoms with Crippen LogP contribution in [0.1, 0.15) is 10.4 Å². The standard InChI is InChI=1S/C23H26FN5O2/c1-26(2)16-22(30)28-13-11-27(12-14-28)21-10-9-18-8-7-17(15-29(18)21)23(31)25-20-6-4-3-5-19(20)24/h3-10,15H,11-14,16H2,1-2H3,(H,25,31). The largest absolute Gasteiger partial charge is 0.354 e. The van der Waals surface area contributed by atoms with Crippen molar-refractivity contribution in [1.82, 2.24) is 14.2 Å². The van der Waals surface area contributed by atoms with Gasteiger partial charge in [-0.3, -0.25) is 9.59 Å². The molecule has 0 radical (unpaired) electrons. The van der Waals surface area contributed by atoms with E-state index in [-0.39, 0.29) is 17.5 Å². The first-order chi connectivity index (χ1) is 14.9. The van der Waals surface area contributed by atoms with Gasteiger partial charge in [0, 0.05) is 37.9 Å². The van der Waals surface area contributed by atoms with Crippen LogP contribution in [-0.4, -0.2) is 72.8 Å². The quantitative estimate of drug-likeness (QED) is 0.685. The fraction of sp³-hybridized carbons (Fsp3) is 0.304. The lowest BCUT2D eigenvalue weighted by Crippen LogP contribution is -2.51. The van der Waals surface area contributed by atoms with E-state index >= 15 is 0 Å². The number of aromatic nitrogens is 1. The van der Waals surface area contributed by atoms with Crippen molar-refractivity contribution in [2.24, 2.45) is 0 Å². The molecule has 2 aromatic heterocycles.